The zero-order valence-electron chi connectivity index (χ0n) is 16.1. The molecule has 1 radical (unpaired) electrons. The van der Waals surface area contributed by atoms with Crippen LogP contribution in [0.3, 0.4) is 0 Å². The topological polar surface area (TPSA) is 31.4 Å². The molecule has 3 nitrogen and oxygen atoms in total. The van der Waals surface area contributed by atoms with Gasteiger partial charge in [-0.15, -0.1) is 10.8 Å². The van der Waals surface area contributed by atoms with Crippen molar-refractivity contribution < 1.29 is 29.6 Å². The van der Waals surface area contributed by atoms with E-state index in [1.807, 2.05) is 6.07 Å². The quantitative estimate of drug-likeness (QED) is 0.342. The summed E-state index contributed by atoms with van der Waals surface area (Å²) in [5.41, 5.74) is 4.06. The van der Waals surface area contributed by atoms with Gasteiger partial charge in [0, 0.05) is 26.3 Å². The Bertz CT molecular complexity index is 1010. The molecule has 0 bridgehead atoms. The number of hydrogen-bond acceptors (Lipinski definition) is 3. The molecule has 1 heterocycles. The third kappa shape index (κ3) is 2.62. The number of nitrogens with zero attached hydrogens (tertiary/aromatic N) is 1. The molecule has 0 saturated heterocycles. The first-order valence-corrected chi connectivity index (χ1v) is 8.69. The van der Waals surface area contributed by atoms with Gasteiger partial charge in [-0.3, -0.25) is 0 Å². The van der Waals surface area contributed by atoms with Gasteiger partial charge < -0.3 is 14.5 Å². The van der Waals surface area contributed by atoms with Gasteiger partial charge in [0.2, 0.25) is 0 Å². The molecule has 0 N–H and O–H groups in total. The van der Waals surface area contributed by atoms with Crippen LogP contribution in [0.4, 0.5) is 0 Å². The van der Waals surface area contributed by atoms with Crippen molar-refractivity contribution in [2.75, 3.05) is 14.2 Å². The van der Waals surface area contributed by atoms with Crippen LogP contribution in [0.25, 0.3) is 21.7 Å². The zero-order chi connectivity index (χ0) is 18.0. The van der Waals surface area contributed by atoms with Gasteiger partial charge in [-0.05, 0) is 39.3 Å². The first-order valence-electron chi connectivity index (χ1n) is 8.69. The van der Waals surface area contributed by atoms with E-state index in [1.165, 1.54) is 16.5 Å². The molecule has 1 aliphatic rings. The van der Waals surface area contributed by atoms with E-state index >= 15 is 0 Å². The Morgan fingerprint density at radius 3 is 2.42 bits per heavy atom. The van der Waals surface area contributed by atoms with Gasteiger partial charge in [-0.2, -0.15) is 0 Å². The predicted octanol–water partition coefficient (Wildman–Crippen LogP) is 5.16. The molecule has 0 aliphatic heterocycles. The number of fused-ring (bicyclic) bond motifs is 5. The maximum Gasteiger partial charge on any atom is 0.0776 e. The predicted molar refractivity (Wildman–Crippen MR) is 102 cm³/mol. The third-order valence-corrected chi connectivity index (χ3v) is 5.53. The molecule has 0 spiro atoms. The van der Waals surface area contributed by atoms with Crippen LogP contribution >= 0.6 is 0 Å². The van der Waals surface area contributed by atoms with E-state index in [4.69, 9.17) is 14.5 Å². The third-order valence-electron chi connectivity index (χ3n) is 5.53. The second kappa shape index (κ2) is 6.21. The van der Waals surface area contributed by atoms with Crippen LogP contribution in [-0.2, 0) is 30.9 Å². The van der Waals surface area contributed by atoms with Crippen LogP contribution in [0.5, 0.6) is 11.5 Å². The Morgan fingerprint density at radius 1 is 1.04 bits per heavy atom. The van der Waals surface area contributed by atoms with Crippen molar-refractivity contribution >= 4 is 21.7 Å². The summed E-state index contributed by atoms with van der Waals surface area (Å²) in [4.78, 5) is 4.85. The second-order valence-electron chi connectivity index (χ2n) is 8.29. The minimum Gasteiger partial charge on any atom is -0.536 e. The zero-order valence-corrected chi connectivity index (χ0v) is 18.5. The minimum absolute atomic E-state index is 0. The molecule has 0 fully saturated rings. The summed E-state index contributed by atoms with van der Waals surface area (Å²) in [7, 11) is 3.29. The van der Waals surface area contributed by atoms with Crippen LogP contribution in [0, 0.1) is 6.07 Å². The molecule has 3 aromatic rings. The maximum absolute atomic E-state index is 5.45. The van der Waals surface area contributed by atoms with Gasteiger partial charge >= 0.3 is 0 Å². The number of rotatable bonds is 2. The van der Waals surface area contributed by atoms with Crippen LogP contribution in [-0.4, -0.2) is 19.2 Å². The average molecular weight is 527 g/mol. The number of aromatic nitrogens is 1. The monoisotopic (exact) mass is 527 g/mol. The van der Waals surface area contributed by atoms with E-state index in [0.717, 1.165) is 22.7 Å². The summed E-state index contributed by atoms with van der Waals surface area (Å²) in [5.74, 6) is 1.31. The Hall–Kier alpha value is -1.64. The minimum atomic E-state index is 0. The van der Waals surface area contributed by atoms with Crippen molar-refractivity contribution in [2.45, 2.75) is 44.9 Å². The average Bonchev–Trinajstić information content (AvgIpc) is 2.77. The normalized spacial score (nSPS) is 17.0. The second-order valence-corrected chi connectivity index (χ2v) is 8.29. The van der Waals surface area contributed by atoms with Crippen LogP contribution in [0.15, 0.2) is 24.4 Å². The van der Waals surface area contributed by atoms with Crippen LogP contribution in [0.2, 0.25) is 0 Å². The van der Waals surface area contributed by atoms with E-state index in [0.29, 0.717) is 11.5 Å². The van der Waals surface area contributed by atoms with Crippen molar-refractivity contribution in [1.82, 2.24) is 4.98 Å². The largest absolute Gasteiger partial charge is 0.536 e. The number of benzene rings is 2. The Balaban J connectivity index is 0.00000196. The number of methoxy groups -OCH3 is 2. The number of pyridine rings is 1. The van der Waals surface area contributed by atoms with E-state index in [1.54, 1.807) is 14.2 Å². The van der Waals surface area contributed by atoms with E-state index in [2.05, 4.69) is 52.1 Å². The van der Waals surface area contributed by atoms with E-state index < -0.39 is 0 Å². The molecule has 1 aromatic heterocycles. The van der Waals surface area contributed by atoms with Gasteiger partial charge in [0.1, 0.15) is 0 Å². The van der Waals surface area contributed by atoms with Gasteiger partial charge in [-0.25, -0.2) is 0 Å². The molecule has 139 valence electrons. The summed E-state index contributed by atoms with van der Waals surface area (Å²) in [6, 6.07) is 9.70. The molecule has 0 atom stereocenters. The molecule has 0 amide bonds. The molecule has 2 aromatic carbocycles. The smallest absolute Gasteiger partial charge is 0.0776 e. The van der Waals surface area contributed by atoms with Crippen LogP contribution < -0.4 is 9.47 Å². The Labute approximate surface area is 168 Å². The van der Waals surface area contributed by atoms with Crippen molar-refractivity contribution in [2.24, 2.45) is 0 Å². The fraction of sp³-hybridized carbons (Fsp3) is 0.409. The van der Waals surface area contributed by atoms with E-state index in [9.17, 15) is 0 Å². The van der Waals surface area contributed by atoms with Crippen LogP contribution in [0.1, 0.15) is 45.2 Å². The summed E-state index contributed by atoms with van der Waals surface area (Å²) in [6.45, 7) is 9.30. The van der Waals surface area contributed by atoms with Crippen molar-refractivity contribution in [3.05, 3.63) is 41.6 Å². The van der Waals surface area contributed by atoms with E-state index in [-0.39, 0.29) is 30.9 Å². The number of ether oxygens (including phenoxy) is 2. The molecule has 26 heavy (non-hydrogen) atoms. The SMILES string of the molecule is COc1[c-]c2c(ccc3c4c(cnc32)C(C)(C)CC4(C)C)cc1OC.[Ir]. The first-order chi connectivity index (χ1) is 11.8. The molecule has 4 heteroatoms. The van der Waals surface area contributed by atoms with Crippen molar-refractivity contribution in [3.8, 4) is 11.5 Å². The molecule has 1 aliphatic carbocycles. The molecule has 0 saturated carbocycles. The molecular weight excluding hydrogens is 502 g/mol. The molecule has 0 unspecified atom stereocenters. The molecule has 4 rings (SSSR count). The van der Waals surface area contributed by atoms with Gasteiger partial charge in [0.25, 0.3) is 0 Å². The first kappa shape index (κ1) is 19.1. The summed E-state index contributed by atoms with van der Waals surface area (Å²) >= 11 is 0. The standard InChI is InChI=1S/C22H24NO2.Ir/c1-21(2)12-22(3,4)19-14-8-7-13-9-17(24-5)18(25-6)10-15(13)20(14)23-11-16(19)21;/h7-9,11H,12H2,1-6H3;/q-1;. The fourth-order valence-corrected chi connectivity index (χ4v) is 4.75. The van der Waals surface area contributed by atoms with Gasteiger partial charge in [-0.1, -0.05) is 52.0 Å². The Morgan fingerprint density at radius 2 is 1.77 bits per heavy atom. The van der Waals surface area contributed by atoms with Crippen molar-refractivity contribution in [3.63, 3.8) is 0 Å². The fourth-order valence-electron chi connectivity index (χ4n) is 4.75. The summed E-state index contributed by atoms with van der Waals surface area (Å²) < 4.78 is 10.9. The summed E-state index contributed by atoms with van der Waals surface area (Å²) in [6.07, 6.45) is 3.19. The molecular formula is C22H24IrNO2-. The number of hydrogen-bond donors (Lipinski definition) is 0. The van der Waals surface area contributed by atoms with Gasteiger partial charge in [0.15, 0.2) is 0 Å². The Kier molecular flexibility index (Phi) is 4.57. The van der Waals surface area contributed by atoms with Gasteiger partial charge in [0.05, 0.1) is 25.7 Å². The van der Waals surface area contributed by atoms with Crippen molar-refractivity contribution in [1.29, 1.82) is 0 Å². The summed E-state index contributed by atoms with van der Waals surface area (Å²) in [5, 5.41) is 3.27. The maximum atomic E-state index is 5.45.